The van der Waals surface area contributed by atoms with Crippen LogP contribution in [0.4, 0.5) is 0 Å². The maximum atomic E-state index is 12.6. The largest absolute Gasteiger partial charge is 0.493 e. The van der Waals surface area contributed by atoms with E-state index in [0.717, 1.165) is 22.4 Å². The number of imidazole rings is 1. The van der Waals surface area contributed by atoms with Crippen LogP contribution in [0.25, 0.3) is 11.0 Å². The maximum Gasteiger partial charge on any atom is 0.260 e. The van der Waals surface area contributed by atoms with Crippen LogP contribution >= 0.6 is 15.9 Å². The lowest BCUT2D eigenvalue weighted by molar-refractivity contribution is -0.121. The Morgan fingerprint density at radius 1 is 1.16 bits per heavy atom. The summed E-state index contributed by atoms with van der Waals surface area (Å²) in [5, 5.41) is 3.97. The number of aromatic nitrogens is 2. The molecule has 0 radical (unpaired) electrons. The third-order valence-corrected chi connectivity index (χ3v) is 5.25. The number of fused-ring (bicyclic) bond motifs is 1. The van der Waals surface area contributed by atoms with Crippen molar-refractivity contribution in [3.05, 3.63) is 76.4 Å². The average Bonchev–Trinajstić information content (AvgIpc) is 3.36. The van der Waals surface area contributed by atoms with Crippen molar-refractivity contribution in [3.8, 4) is 11.5 Å². The summed E-state index contributed by atoms with van der Waals surface area (Å²) in [6.45, 7) is 0.0718. The zero-order valence-electron chi connectivity index (χ0n) is 17.5. The number of hydrogen-bond acceptors (Lipinski definition) is 6. The second-order valence-electron chi connectivity index (χ2n) is 6.90. The van der Waals surface area contributed by atoms with E-state index in [-0.39, 0.29) is 12.5 Å². The Morgan fingerprint density at radius 3 is 2.72 bits per heavy atom. The molecule has 2 heterocycles. The van der Waals surface area contributed by atoms with Gasteiger partial charge in [0, 0.05) is 6.42 Å². The predicted molar refractivity (Wildman–Crippen MR) is 124 cm³/mol. The van der Waals surface area contributed by atoms with Gasteiger partial charge in [0.15, 0.2) is 16.2 Å². The highest BCUT2D eigenvalue weighted by Crippen LogP contribution is 2.29. The fraction of sp³-hybridized carbons (Fsp3) is 0.174. The molecule has 2 aromatic carbocycles. The summed E-state index contributed by atoms with van der Waals surface area (Å²) in [6, 6.07) is 16.9. The van der Waals surface area contributed by atoms with E-state index in [0.29, 0.717) is 28.3 Å². The first-order valence-electron chi connectivity index (χ1n) is 9.79. The molecule has 0 saturated heterocycles. The number of carbonyl (C=O) groups excluding carboxylic acids is 1. The molecule has 0 spiro atoms. The number of methoxy groups -OCH3 is 2. The standard InChI is InChI=1S/C23H21BrN4O4/c1-30-19-9-7-15(11-20(19)31-2)12-22-26-17-5-3-4-6-18(17)28(22)14-23(29)27-25-13-16-8-10-21(24)32-16/h3-11,13H,12,14H2,1-2H3,(H,27,29)/b25-13+. The quantitative estimate of drug-likeness (QED) is 0.292. The lowest BCUT2D eigenvalue weighted by atomic mass is 10.1. The molecule has 0 aliphatic heterocycles. The summed E-state index contributed by atoms with van der Waals surface area (Å²) in [4.78, 5) is 17.3. The molecule has 4 aromatic rings. The van der Waals surface area contributed by atoms with Crippen LogP contribution in [0.5, 0.6) is 11.5 Å². The van der Waals surface area contributed by atoms with Crippen molar-refractivity contribution in [2.24, 2.45) is 5.10 Å². The second kappa shape index (κ2) is 9.69. The average molecular weight is 497 g/mol. The first kappa shape index (κ1) is 21.6. The number of nitrogens with one attached hydrogen (secondary N) is 1. The van der Waals surface area contributed by atoms with Crippen molar-refractivity contribution >= 4 is 39.1 Å². The van der Waals surface area contributed by atoms with E-state index in [1.165, 1.54) is 6.21 Å². The van der Waals surface area contributed by atoms with Crippen LogP contribution in [0, 0.1) is 0 Å². The minimum atomic E-state index is -0.274. The number of benzene rings is 2. The van der Waals surface area contributed by atoms with Crippen LogP contribution in [0.1, 0.15) is 17.1 Å². The number of rotatable bonds is 8. The number of para-hydroxylation sites is 2. The van der Waals surface area contributed by atoms with Crippen LogP contribution in [0.2, 0.25) is 0 Å². The van der Waals surface area contributed by atoms with E-state index in [4.69, 9.17) is 18.9 Å². The minimum absolute atomic E-state index is 0.0718. The monoisotopic (exact) mass is 496 g/mol. The van der Waals surface area contributed by atoms with Crippen molar-refractivity contribution in [1.29, 1.82) is 0 Å². The Labute approximate surface area is 193 Å². The molecule has 4 rings (SSSR count). The Balaban J connectivity index is 1.56. The van der Waals surface area contributed by atoms with Crippen LogP contribution in [0.3, 0.4) is 0 Å². The number of carbonyl (C=O) groups is 1. The fourth-order valence-corrected chi connectivity index (χ4v) is 3.67. The molecule has 0 atom stereocenters. The topological polar surface area (TPSA) is 90.9 Å². The molecule has 2 aromatic heterocycles. The van der Waals surface area contributed by atoms with Crippen LogP contribution in [-0.4, -0.2) is 35.9 Å². The van der Waals surface area contributed by atoms with Gasteiger partial charge in [-0.25, -0.2) is 10.4 Å². The normalized spacial score (nSPS) is 11.2. The number of amides is 1. The van der Waals surface area contributed by atoms with Gasteiger partial charge in [0.2, 0.25) is 0 Å². The van der Waals surface area contributed by atoms with Gasteiger partial charge < -0.3 is 18.5 Å². The van der Waals surface area contributed by atoms with E-state index >= 15 is 0 Å². The number of halogens is 1. The van der Waals surface area contributed by atoms with E-state index in [2.05, 4.69) is 26.5 Å². The highest BCUT2D eigenvalue weighted by Gasteiger charge is 2.15. The molecule has 8 nitrogen and oxygen atoms in total. The first-order valence-corrected chi connectivity index (χ1v) is 10.6. The summed E-state index contributed by atoms with van der Waals surface area (Å²) >= 11 is 3.23. The zero-order chi connectivity index (χ0) is 22.5. The maximum absolute atomic E-state index is 12.6. The summed E-state index contributed by atoms with van der Waals surface area (Å²) in [5.74, 6) is 2.31. The van der Waals surface area contributed by atoms with Gasteiger partial charge in [-0.1, -0.05) is 18.2 Å². The summed E-state index contributed by atoms with van der Waals surface area (Å²) in [5.41, 5.74) is 5.22. The van der Waals surface area contributed by atoms with Gasteiger partial charge in [0.05, 0.1) is 31.5 Å². The Morgan fingerprint density at radius 2 is 1.97 bits per heavy atom. The molecule has 1 amide bonds. The van der Waals surface area contributed by atoms with Crippen molar-refractivity contribution < 1.29 is 18.7 Å². The Hall–Kier alpha value is -3.59. The van der Waals surface area contributed by atoms with E-state index in [9.17, 15) is 4.79 Å². The summed E-state index contributed by atoms with van der Waals surface area (Å²) < 4.78 is 18.5. The van der Waals surface area contributed by atoms with Crippen LogP contribution in [-0.2, 0) is 17.8 Å². The molecular weight excluding hydrogens is 476 g/mol. The molecule has 0 bridgehead atoms. The predicted octanol–water partition coefficient (Wildman–Crippen LogP) is 4.15. The summed E-state index contributed by atoms with van der Waals surface area (Å²) in [7, 11) is 3.20. The molecule has 0 aliphatic rings. The van der Waals surface area contributed by atoms with Crippen molar-refractivity contribution in [2.45, 2.75) is 13.0 Å². The van der Waals surface area contributed by atoms with Gasteiger partial charge in [0.25, 0.3) is 5.91 Å². The lowest BCUT2D eigenvalue weighted by Gasteiger charge is -2.11. The minimum Gasteiger partial charge on any atom is -0.493 e. The molecule has 9 heteroatoms. The zero-order valence-corrected chi connectivity index (χ0v) is 19.1. The highest BCUT2D eigenvalue weighted by molar-refractivity contribution is 9.10. The van der Waals surface area contributed by atoms with Gasteiger partial charge in [-0.05, 0) is 57.9 Å². The first-order chi connectivity index (χ1) is 15.6. The molecule has 0 aliphatic carbocycles. The van der Waals surface area contributed by atoms with Gasteiger partial charge in [-0.15, -0.1) is 0 Å². The molecule has 0 unspecified atom stereocenters. The lowest BCUT2D eigenvalue weighted by Crippen LogP contribution is -2.24. The smallest absolute Gasteiger partial charge is 0.260 e. The molecule has 0 saturated carbocycles. The van der Waals surface area contributed by atoms with Crippen LogP contribution in [0.15, 0.2) is 68.8 Å². The Kier molecular flexibility index (Phi) is 6.55. The van der Waals surface area contributed by atoms with Crippen molar-refractivity contribution in [3.63, 3.8) is 0 Å². The number of hydrazone groups is 1. The van der Waals surface area contributed by atoms with Gasteiger partial charge >= 0.3 is 0 Å². The van der Waals surface area contributed by atoms with Gasteiger partial charge in [0.1, 0.15) is 18.1 Å². The number of furan rings is 1. The van der Waals surface area contributed by atoms with Gasteiger partial charge in [-0.2, -0.15) is 5.10 Å². The number of nitrogens with zero attached hydrogens (tertiary/aromatic N) is 3. The summed E-state index contributed by atoms with van der Waals surface area (Å²) in [6.07, 6.45) is 1.96. The number of hydrogen-bond donors (Lipinski definition) is 1. The van der Waals surface area contributed by atoms with Crippen molar-refractivity contribution in [1.82, 2.24) is 15.0 Å². The van der Waals surface area contributed by atoms with E-state index < -0.39 is 0 Å². The SMILES string of the molecule is COc1ccc(Cc2nc3ccccc3n2CC(=O)N/N=C/c2ccc(Br)o2)cc1OC. The van der Waals surface area contributed by atoms with E-state index in [1.807, 2.05) is 47.0 Å². The third kappa shape index (κ3) is 4.83. The molecule has 164 valence electrons. The molecule has 32 heavy (non-hydrogen) atoms. The highest BCUT2D eigenvalue weighted by atomic mass is 79.9. The van der Waals surface area contributed by atoms with Crippen LogP contribution < -0.4 is 14.9 Å². The second-order valence-corrected chi connectivity index (χ2v) is 7.69. The van der Waals surface area contributed by atoms with E-state index in [1.54, 1.807) is 26.4 Å². The molecular formula is C23H21BrN4O4. The third-order valence-electron chi connectivity index (χ3n) is 4.82. The van der Waals surface area contributed by atoms with Gasteiger partial charge in [-0.3, -0.25) is 4.79 Å². The van der Waals surface area contributed by atoms with Crippen molar-refractivity contribution in [2.75, 3.05) is 14.2 Å². The molecule has 0 fully saturated rings. The number of ether oxygens (including phenoxy) is 2. The molecule has 1 N–H and O–H groups in total. The Bertz CT molecular complexity index is 1280. The fourth-order valence-electron chi connectivity index (χ4n) is 3.35.